The van der Waals surface area contributed by atoms with Gasteiger partial charge >= 0.3 is 6.18 Å². The van der Waals surface area contributed by atoms with Gasteiger partial charge in [-0.05, 0) is 24.8 Å². The van der Waals surface area contributed by atoms with Gasteiger partial charge in [-0.25, -0.2) is 0 Å². The number of carbonyl (C=O) groups excluding carboxylic acids is 1. The van der Waals surface area contributed by atoms with Crippen LogP contribution in [0.1, 0.15) is 11.8 Å². The van der Waals surface area contributed by atoms with Gasteiger partial charge in [0.25, 0.3) is 0 Å². The smallest absolute Gasteiger partial charge is 0.346 e. The Morgan fingerprint density at radius 2 is 2.22 bits per heavy atom. The first-order chi connectivity index (χ1) is 8.37. The summed E-state index contributed by atoms with van der Waals surface area (Å²) < 4.78 is 35.5. The van der Waals surface area contributed by atoms with Crippen LogP contribution in [0, 0.1) is 0 Å². The van der Waals surface area contributed by atoms with Gasteiger partial charge in [0.15, 0.2) is 0 Å². The molecule has 0 aliphatic heterocycles. The van der Waals surface area contributed by atoms with Crippen molar-refractivity contribution in [1.29, 1.82) is 0 Å². The standard InChI is InChI=1S/C11H15F3N2OS/c1-8(5-9-3-2-4-18-9)15-6-10(17)16-7-11(12,13)14/h2-4,8,15H,5-7H2,1H3,(H,16,17). The first-order valence-electron chi connectivity index (χ1n) is 5.46. The Kier molecular flexibility index (Phi) is 5.61. The van der Waals surface area contributed by atoms with E-state index in [2.05, 4.69) is 5.32 Å². The van der Waals surface area contributed by atoms with Crippen LogP contribution in [-0.2, 0) is 11.2 Å². The first kappa shape index (κ1) is 15.0. The monoisotopic (exact) mass is 280 g/mol. The average molecular weight is 280 g/mol. The van der Waals surface area contributed by atoms with Crippen molar-refractivity contribution in [3.8, 4) is 0 Å². The molecular formula is C11H15F3N2OS. The highest BCUT2D eigenvalue weighted by atomic mass is 32.1. The lowest BCUT2D eigenvalue weighted by Gasteiger charge is -2.13. The molecule has 1 aromatic rings. The minimum Gasteiger partial charge on any atom is -0.346 e. The molecule has 1 atom stereocenters. The normalized spacial score (nSPS) is 13.3. The van der Waals surface area contributed by atoms with Gasteiger partial charge in [-0.3, -0.25) is 4.79 Å². The number of halogens is 3. The molecule has 1 unspecified atom stereocenters. The Morgan fingerprint density at radius 3 is 2.78 bits per heavy atom. The third kappa shape index (κ3) is 6.61. The zero-order valence-electron chi connectivity index (χ0n) is 9.88. The number of amides is 1. The zero-order valence-corrected chi connectivity index (χ0v) is 10.7. The molecule has 0 radical (unpaired) electrons. The van der Waals surface area contributed by atoms with Crippen LogP contribution in [-0.4, -0.2) is 31.2 Å². The summed E-state index contributed by atoms with van der Waals surface area (Å²) >= 11 is 1.61. The Hall–Kier alpha value is -1.08. The highest BCUT2D eigenvalue weighted by Crippen LogP contribution is 2.12. The lowest BCUT2D eigenvalue weighted by atomic mass is 10.2. The molecule has 0 bridgehead atoms. The fourth-order valence-corrected chi connectivity index (χ4v) is 2.17. The van der Waals surface area contributed by atoms with E-state index in [-0.39, 0.29) is 12.6 Å². The van der Waals surface area contributed by atoms with Crippen LogP contribution < -0.4 is 10.6 Å². The number of hydrogen-bond donors (Lipinski definition) is 2. The highest BCUT2D eigenvalue weighted by Gasteiger charge is 2.27. The van der Waals surface area contributed by atoms with Gasteiger partial charge in [0, 0.05) is 10.9 Å². The summed E-state index contributed by atoms with van der Waals surface area (Å²) in [6.45, 7) is 0.492. The molecule has 0 aliphatic carbocycles. The van der Waals surface area contributed by atoms with Crippen molar-refractivity contribution in [3.63, 3.8) is 0 Å². The minimum absolute atomic E-state index is 0.0419. The van der Waals surface area contributed by atoms with Crippen LogP contribution in [0.15, 0.2) is 17.5 Å². The summed E-state index contributed by atoms with van der Waals surface area (Å²) in [6.07, 6.45) is -3.61. The number of hydrogen-bond acceptors (Lipinski definition) is 3. The molecule has 1 rings (SSSR count). The molecule has 102 valence electrons. The van der Waals surface area contributed by atoms with Crippen LogP contribution in [0.4, 0.5) is 13.2 Å². The summed E-state index contributed by atoms with van der Waals surface area (Å²) in [7, 11) is 0. The van der Waals surface area contributed by atoms with E-state index in [9.17, 15) is 18.0 Å². The molecule has 7 heteroatoms. The van der Waals surface area contributed by atoms with Crippen molar-refractivity contribution in [2.45, 2.75) is 25.6 Å². The van der Waals surface area contributed by atoms with E-state index >= 15 is 0 Å². The number of alkyl halides is 3. The van der Waals surface area contributed by atoms with Crippen molar-refractivity contribution in [3.05, 3.63) is 22.4 Å². The second-order valence-corrected chi connectivity index (χ2v) is 4.99. The Bertz CT molecular complexity index is 365. The molecule has 1 amide bonds. The molecule has 0 aliphatic rings. The summed E-state index contributed by atoms with van der Waals surface area (Å²) in [6, 6.07) is 3.95. The Labute approximate surface area is 107 Å². The van der Waals surface area contributed by atoms with Crippen LogP contribution in [0.25, 0.3) is 0 Å². The molecular weight excluding hydrogens is 265 g/mol. The van der Waals surface area contributed by atoms with E-state index in [0.717, 1.165) is 6.42 Å². The van der Waals surface area contributed by atoms with Crippen molar-refractivity contribution >= 4 is 17.2 Å². The molecule has 18 heavy (non-hydrogen) atoms. The van der Waals surface area contributed by atoms with Gasteiger partial charge in [0.2, 0.25) is 5.91 Å². The molecule has 0 spiro atoms. The van der Waals surface area contributed by atoms with Gasteiger partial charge in [-0.1, -0.05) is 6.07 Å². The number of nitrogens with one attached hydrogen (secondary N) is 2. The summed E-state index contributed by atoms with van der Waals surface area (Å²) in [5.41, 5.74) is 0. The van der Waals surface area contributed by atoms with E-state index < -0.39 is 18.6 Å². The van der Waals surface area contributed by atoms with E-state index in [4.69, 9.17) is 0 Å². The lowest BCUT2D eigenvalue weighted by molar-refractivity contribution is -0.137. The fourth-order valence-electron chi connectivity index (χ4n) is 1.33. The van der Waals surface area contributed by atoms with Gasteiger partial charge < -0.3 is 10.6 Å². The minimum atomic E-state index is -4.36. The zero-order chi connectivity index (χ0) is 13.6. The van der Waals surface area contributed by atoms with Crippen molar-refractivity contribution < 1.29 is 18.0 Å². The quantitative estimate of drug-likeness (QED) is 0.836. The molecule has 0 saturated carbocycles. The predicted octanol–water partition coefficient (Wildman–Crippen LogP) is 1.95. The molecule has 0 aromatic carbocycles. The molecule has 0 saturated heterocycles. The first-order valence-corrected chi connectivity index (χ1v) is 6.34. The second kappa shape index (κ2) is 6.75. The summed E-state index contributed by atoms with van der Waals surface area (Å²) in [5.74, 6) is -0.648. The third-order valence-corrected chi connectivity index (χ3v) is 3.08. The molecule has 2 N–H and O–H groups in total. The summed E-state index contributed by atoms with van der Waals surface area (Å²) in [5, 5.41) is 6.65. The fraction of sp³-hybridized carbons (Fsp3) is 0.545. The van der Waals surface area contributed by atoms with Gasteiger partial charge in [-0.2, -0.15) is 13.2 Å². The van der Waals surface area contributed by atoms with Crippen LogP contribution in [0.3, 0.4) is 0 Å². The predicted molar refractivity (Wildman–Crippen MR) is 64.6 cm³/mol. The van der Waals surface area contributed by atoms with Gasteiger partial charge in [0.1, 0.15) is 6.54 Å². The van der Waals surface area contributed by atoms with E-state index in [0.29, 0.717) is 0 Å². The van der Waals surface area contributed by atoms with E-state index in [1.165, 1.54) is 4.88 Å². The lowest BCUT2D eigenvalue weighted by Crippen LogP contribution is -2.42. The molecule has 0 fully saturated rings. The SMILES string of the molecule is CC(Cc1cccs1)NCC(=O)NCC(F)(F)F. The number of rotatable bonds is 6. The maximum Gasteiger partial charge on any atom is 0.405 e. The third-order valence-electron chi connectivity index (χ3n) is 2.18. The van der Waals surface area contributed by atoms with Crippen LogP contribution in [0.5, 0.6) is 0 Å². The highest BCUT2D eigenvalue weighted by molar-refractivity contribution is 7.09. The van der Waals surface area contributed by atoms with E-state index in [1.807, 2.05) is 29.8 Å². The average Bonchev–Trinajstić information content (AvgIpc) is 2.75. The van der Waals surface area contributed by atoms with Crippen molar-refractivity contribution in [2.75, 3.05) is 13.1 Å². The van der Waals surface area contributed by atoms with E-state index in [1.54, 1.807) is 11.3 Å². The molecule has 3 nitrogen and oxygen atoms in total. The van der Waals surface area contributed by atoms with Crippen molar-refractivity contribution in [1.82, 2.24) is 10.6 Å². The molecule has 1 aromatic heterocycles. The van der Waals surface area contributed by atoms with Gasteiger partial charge in [-0.15, -0.1) is 11.3 Å². The largest absolute Gasteiger partial charge is 0.405 e. The number of thiophene rings is 1. The second-order valence-electron chi connectivity index (χ2n) is 3.96. The van der Waals surface area contributed by atoms with Crippen LogP contribution in [0.2, 0.25) is 0 Å². The maximum absolute atomic E-state index is 11.8. The van der Waals surface area contributed by atoms with Crippen LogP contribution >= 0.6 is 11.3 Å². The topological polar surface area (TPSA) is 41.1 Å². The Morgan fingerprint density at radius 1 is 1.50 bits per heavy atom. The summed E-state index contributed by atoms with van der Waals surface area (Å²) in [4.78, 5) is 12.3. The Balaban J connectivity index is 2.18. The number of carbonyl (C=O) groups is 1. The van der Waals surface area contributed by atoms with Crippen molar-refractivity contribution in [2.24, 2.45) is 0 Å². The maximum atomic E-state index is 11.8. The molecule has 1 heterocycles. The van der Waals surface area contributed by atoms with Gasteiger partial charge in [0.05, 0.1) is 6.54 Å².